The molecule has 1 atom stereocenters. The van der Waals surface area contributed by atoms with Crippen LogP contribution in [0.2, 0.25) is 0 Å². The van der Waals surface area contributed by atoms with Crippen LogP contribution in [0.15, 0.2) is 54.6 Å². The molecule has 0 aliphatic carbocycles. The van der Waals surface area contributed by atoms with Crippen molar-refractivity contribution in [2.75, 3.05) is 25.5 Å². The summed E-state index contributed by atoms with van der Waals surface area (Å²) in [5.41, 5.74) is 1.12. The zero-order valence-corrected chi connectivity index (χ0v) is 14.5. The van der Waals surface area contributed by atoms with E-state index < -0.39 is 0 Å². The zero-order chi connectivity index (χ0) is 16.8. The van der Waals surface area contributed by atoms with E-state index in [1.54, 1.807) is 11.8 Å². The number of ether oxygens (including phenoxy) is 2. The van der Waals surface area contributed by atoms with Gasteiger partial charge in [-0.2, -0.15) is 0 Å². The molecule has 24 heavy (non-hydrogen) atoms. The summed E-state index contributed by atoms with van der Waals surface area (Å²) in [5.74, 6) is 2.36. The van der Waals surface area contributed by atoms with Crippen molar-refractivity contribution < 1.29 is 14.3 Å². The monoisotopic (exact) mass is 343 g/mol. The summed E-state index contributed by atoms with van der Waals surface area (Å²) in [5, 5.41) is 0.0487. The molecule has 5 heteroatoms. The van der Waals surface area contributed by atoms with Crippen molar-refractivity contribution in [2.24, 2.45) is 0 Å². The predicted octanol–water partition coefficient (Wildman–Crippen LogP) is 3.74. The van der Waals surface area contributed by atoms with Gasteiger partial charge in [0.25, 0.3) is 0 Å². The second kappa shape index (κ2) is 8.11. The summed E-state index contributed by atoms with van der Waals surface area (Å²) in [6.45, 7) is 3.69. The van der Waals surface area contributed by atoms with Gasteiger partial charge in [0.15, 0.2) is 0 Å². The Morgan fingerprint density at radius 2 is 1.75 bits per heavy atom. The van der Waals surface area contributed by atoms with Crippen molar-refractivity contribution >= 4 is 17.7 Å². The van der Waals surface area contributed by atoms with E-state index in [4.69, 9.17) is 9.47 Å². The lowest BCUT2D eigenvalue weighted by atomic mass is 10.2. The Bertz CT molecular complexity index is 660. The molecule has 4 nitrogen and oxygen atoms in total. The van der Waals surface area contributed by atoms with Crippen LogP contribution in [-0.4, -0.2) is 36.3 Å². The first-order valence-corrected chi connectivity index (χ1v) is 9.14. The van der Waals surface area contributed by atoms with E-state index in [2.05, 4.69) is 0 Å². The Labute approximate surface area is 146 Å². The SMILES string of the molecule is CCOc1ccc(C2SCC(=O)N2CCOc2ccccc2)cc1. The smallest absolute Gasteiger partial charge is 0.233 e. The molecular formula is C19H21NO3S. The first-order valence-electron chi connectivity index (χ1n) is 8.09. The third-order valence-electron chi connectivity index (χ3n) is 3.79. The summed E-state index contributed by atoms with van der Waals surface area (Å²) in [6, 6.07) is 17.7. The average molecular weight is 343 g/mol. The number of carbonyl (C=O) groups excluding carboxylic acids is 1. The molecule has 2 aromatic rings. The van der Waals surface area contributed by atoms with Gasteiger partial charge in [-0.1, -0.05) is 30.3 Å². The van der Waals surface area contributed by atoms with Gasteiger partial charge in [-0.25, -0.2) is 0 Å². The number of nitrogens with zero attached hydrogens (tertiary/aromatic N) is 1. The first-order chi connectivity index (χ1) is 11.8. The number of rotatable bonds is 7. The van der Waals surface area contributed by atoms with Gasteiger partial charge in [-0.15, -0.1) is 11.8 Å². The maximum absolute atomic E-state index is 12.2. The van der Waals surface area contributed by atoms with Gasteiger partial charge >= 0.3 is 0 Å². The van der Waals surface area contributed by atoms with Crippen LogP contribution in [0.4, 0.5) is 0 Å². The molecule has 1 fully saturated rings. The Hall–Kier alpha value is -2.14. The van der Waals surface area contributed by atoms with Crippen LogP contribution >= 0.6 is 11.8 Å². The van der Waals surface area contributed by atoms with Gasteiger partial charge in [0.2, 0.25) is 5.91 Å². The van der Waals surface area contributed by atoms with Crippen LogP contribution in [0.5, 0.6) is 11.5 Å². The number of thioether (sulfide) groups is 1. The Morgan fingerprint density at radius 3 is 2.46 bits per heavy atom. The van der Waals surface area contributed by atoms with Crippen molar-refractivity contribution in [1.82, 2.24) is 4.90 Å². The average Bonchev–Trinajstić information content (AvgIpc) is 2.98. The molecule has 1 heterocycles. The number of benzene rings is 2. The summed E-state index contributed by atoms with van der Waals surface area (Å²) in [7, 11) is 0. The van der Waals surface area contributed by atoms with Gasteiger partial charge in [0.05, 0.1) is 18.9 Å². The topological polar surface area (TPSA) is 38.8 Å². The molecular weight excluding hydrogens is 322 g/mol. The van der Waals surface area contributed by atoms with E-state index in [0.717, 1.165) is 17.1 Å². The Kier molecular flexibility index (Phi) is 5.64. The minimum absolute atomic E-state index is 0.0487. The van der Waals surface area contributed by atoms with Crippen LogP contribution in [0, 0.1) is 0 Å². The molecule has 0 bridgehead atoms. The van der Waals surface area contributed by atoms with Crippen molar-refractivity contribution in [1.29, 1.82) is 0 Å². The molecule has 0 N–H and O–H groups in total. The van der Waals surface area contributed by atoms with Crippen molar-refractivity contribution in [3.05, 3.63) is 60.2 Å². The number of carbonyl (C=O) groups is 1. The lowest BCUT2D eigenvalue weighted by Gasteiger charge is -2.24. The minimum Gasteiger partial charge on any atom is -0.494 e. The summed E-state index contributed by atoms with van der Waals surface area (Å²) in [4.78, 5) is 14.1. The predicted molar refractivity (Wildman–Crippen MR) is 96.5 cm³/mol. The van der Waals surface area contributed by atoms with E-state index >= 15 is 0 Å². The number of para-hydroxylation sites is 1. The normalized spacial score (nSPS) is 17.1. The third-order valence-corrected chi connectivity index (χ3v) is 5.04. The second-order valence-electron chi connectivity index (χ2n) is 5.41. The molecule has 1 unspecified atom stereocenters. The molecule has 2 aromatic carbocycles. The molecule has 1 aliphatic heterocycles. The standard InChI is InChI=1S/C19H21NO3S/c1-2-22-17-10-8-15(9-11-17)19-20(18(21)14-24-19)12-13-23-16-6-4-3-5-7-16/h3-11,19H,2,12-14H2,1H3. The summed E-state index contributed by atoms with van der Waals surface area (Å²) >= 11 is 1.66. The number of amides is 1. The van der Waals surface area contributed by atoms with E-state index in [1.165, 1.54) is 0 Å². The molecule has 1 saturated heterocycles. The van der Waals surface area contributed by atoms with E-state index in [9.17, 15) is 4.79 Å². The van der Waals surface area contributed by atoms with Gasteiger partial charge in [0, 0.05) is 0 Å². The van der Waals surface area contributed by atoms with Crippen LogP contribution in [-0.2, 0) is 4.79 Å². The highest BCUT2D eigenvalue weighted by atomic mass is 32.2. The van der Waals surface area contributed by atoms with E-state index in [1.807, 2.05) is 66.4 Å². The lowest BCUT2D eigenvalue weighted by Crippen LogP contribution is -2.32. The van der Waals surface area contributed by atoms with E-state index in [-0.39, 0.29) is 11.3 Å². The molecule has 1 aliphatic rings. The molecule has 1 amide bonds. The minimum atomic E-state index is 0.0487. The fraction of sp³-hybridized carbons (Fsp3) is 0.316. The number of hydrogen-bond acceptors (Lipinski definition) is 4. The highest BCUT2D eigenvalue weighted by Crippen LogP contribution is 2.38. The Balaban J connectivity index is 1.61. The second-order valence-corrected chi connectivity index (χ2v) is 6.48. The van der Waals surface area contributed by atoms with Gasteiger partial charge < -0.3 is 14.4 Å². The van der Waals surface area contributed by atoms with Crippen LogP contribution < -0.4 is 9.47 Å². The van der Waals surface area contributed by atoms with Gasteiger partial charge in [0.1, 0.15) is 23.5 Å². The van der Waals surface area contributed by atoms with Gasteiger partial charge in [-0.05, 0) is 36.8 Å². The molecule has 0 aromatic heterocycles. The van der Waals surface area contributed by atoms with Crippen molar-refractivity contribution in [3.63, 3.8) is 0 Å². The maximum Gasteiger partial charge on any atom is 0.233 e. The zero-order valence-electron chi connectivity index (χ0n) is 13.7. The molecule has 0 radical (unpaired) electrons. The lowest BCUT2D eigenvalue weighted by molar-refractivity contribution is -0.128. The highest BCUT2D eigenvalue weighted by Gasteiger charge is 2.32. The van der Waals surface area contributed by atoms with Crippen molar-refractivity contribution in [3.8, 4) is 11.5 Å². The quantitative estimate of drug-likeness (QED) is 0.768. The third kappa shape index (κ3) is 4.03. The molecule has 126 valence electrons. The fourth-order valence-electron chi connectivity index (χ4n) is 2.65. The molecule has 0 saturated carbocycles. The van der Waals surface area contributed by atoms with Crippen molar-refractivity contribution in [2.45, 2.75) is 12.3 Å². The van der Waals surface area contributed by atoms with Crippen LogP contribution in [0.3, 0.4) is 0 Å². The fourth-order valence-corrected chi connectivity index (χ4v) is 3.86. The van der Waals surface area contributed by atoms with Gasteiger partial charge in [-0.3, -0.25) is 4.79 Å². The largest absolute Gasteiger partial charge is 0.494 e. The molecule has 0 spiro atoms. The first kappa shape index (κ1) is 16.7. The summed E-state index contributed by atoms with van der Waals surface area (Å²) < 4.78 is 11.2. The van der Waals surface area contributed by atoms with Crippen LogP contribution in [0.1, 0.15) is 17.9 Å². The molecule has 3 rings (SSSR count). The summed E-state index contributed by atoms with van der Waals surface area (Å²) in [6.07, 6.45) is 0. The van der Waals surface area contributed by atoms with Crippen LogP contribution in [0.25, 0.3) is 0 Å². The maximum atomic E-state index is 12.2. The van der Waals surface area contributed by atoms with E-state index in [0.29, 0.717) is 25.5 Å². The number of hydrogen-bond donors (Lipinski definition) is 0. The Morgan fingerprint density at radius 1 is 1.04 bits per heavy atom. The highest BCUT2D eigenvalue weighted by molar-refractivity contribution is 8.00.